The molecule has 2 rings (SSSR count). The first kappa shape index (κ1) is 22.0. The highest BCUT2D eigenvalue weighted by molar-refractivity contribution is 7.88. The molecule has 0 fully saturated rings. The van der Waals surface area contributed by atoms with Crippen LogP contribution in [0.25, 0.3) is 0 Å². The first-order valence-electron chi connectivity index (χ1n) is 7.87. The van der Waals surface area contributed by atoms with Gasteiger partial charge in [-0.3, -0.25) is 10.1 Å². The monoisotopic (exact) mass is 399 g/mol. The summed E-state index contributed by atoms with van der Waals surface area (Å²) in [6.07, 6.45) is 0.562. The highest BCUT2D eigenvalue weighted by Gasteiger charge is 2.22. The lowest BCUT2D eigenvalue weighted by Crippen LogP contribution is -2.33. The van der Waals surface area contributed by atoms with Crippen molar-refractivity contribution in [3.05, 3.63) is 75.8 Å². The van der Waals surface area contributed by atoms with Gasteiger partial charge in [-0.05, 0) is 24.1 Å². The maximum atomic E-state index is 12.8. The summed E-state index contributed by atoms with van der Waals surface area (Å²) < 4.78 is 27.0. The molecule has 142 valence electrons. The first-order valence-corrected chi connectivity index (χ1v) is 9.48. The van der Waals surface area contributed by atoms with E-state index in [1.165, 1.54) is 28.6 Å². The normalized spacial score (nSPS) is 11.2. The number of nitro benzene ring substituents is 1. The zero-order valence-corrected chi connectivity index (χ0v) is 15.8. The number of nitrogens with two attached hydrogens (primary N) is 1. The molecule has 9 heteroatoms. The fraction of sp³-hybridized carbons (Fsp3) is 0.294. The maximum Gasteiger partial charge on any atom is 0.269 e. The van der Waals surface area contributed by atoms with Gasteiger partial charge in [-0.1, -0.05) is 42.5 Å². The number of nitro groups is 1. The molecule has 0 saturated carbocycles. The third-order valence-electron chi connectivity index (χ3n) is 3.70. The lowest BCUT2D eigenvalue weighted by atomic mass is 10.2. The number of nitrogens with zero attached hydrogens (tertiary/aromatic N) is 2. The highest BCUT2D eigenvalue weighted by Crippen LogP contribution is 2.18. The second-order valence-electron chi connectivity index (χ2n) is 5.64. The van der Waals surface area contributed by atoms with Crippen molar-refractivity contribution in [3.63, 3.8) is 0 Å². The Balaban J connectivity index is 0.00000338. The molecule has 2 N–H and O–H groups in total. The van der Waals surface area contributed by atoms with E-state index in [-0.39, 0.29) is 30.4 Å². The molecule has 0 spiro atoms. The Morgan fingerprint density at radius 1 is 1.00 bits per heavy atom. The lowest BCUT2D eigenvalue weighted by molar-refractivity contribution is -0.384. The second kappa shape index (κ2) is 10.2. The summed E-state index contributed by atoms with van der Waals surface area (Å²) in [7, 11) is -3.57. The van der Waals surface area contributed by atoms with Crippen LogP contribution in [0, 0.1) is 10.1 Å². The summed E-state index contributed by atoms with van der Waals surface area (Å²) in [6.45, 7) is 1.01. The van der Waals surface area contributed by atoms with Gasteiger partial charge in [0.15, 0.2) is 0 Å². The molecule has 26 heavy (non-hydrogen) atoms. The van der Waals surface area contributed by atoms with Gasteiger partial charge < -0.3 is 5.73 Å². The fourth-order valence-electron chi connectivity index (χ4n) is 2.39. The molecule has 0 aromatic heterocycles. The number of rotatable bonds is 9. The zero-order chi connectivity index (χ0) is 18.3. The van der Waals surface area contributed by atoms with E-state index in [1.807, 2.05) is 30.3 Å². The van der Waals surface area contributed by atoms with Crippen LogP contribution in [0.4, 0.5) is 5.69 Å². The Morgan fingerprint density at radius 2 is 1.62 bits per heavy atom. The summed E-state index contributed by atoms with van der Waals surface area (Å²) in [5, 5.41) is 10.7. The Hall–Kier alpha value is -2.00. The minimum Gasteiger partial charge on any atom is -0.330 e. The van der Waals surface area contributed by atoms with Crippen LogP contribution < -0.4 is 5.73 Å². The molecule has 2 aromatic rings. The Kier molecular flexibility index (Phi) is 8.67. The lowest BCUT2D eigenvalue weighted by Gasteiger charge is -2.22. The van der Waals surface area contributed by atoms with Gasteiger partial charge in [0.2, 0.25) is 10.0 Å². The van der Waals surface area contributed by atoms with Crippen LogP contribution >= 0.6 is 12.4 Å². The quantitative estimate of drug-likeness (QED) is 0.515. The van der Waals surface area contributed by atoms with Gasteiger partial charge >= 0.3 is 0 Å². The van der Waals surface area contributed by atoms with Gasteiger partial charge in [-0.25, -0.2) is 8.42 Å². The SMILES string of the molecule is Cl.NCCCN(Cc1ccccc1)S(=O)(=O)Cc1ccc([N+](=O)[O-])cc1. The van der Waals surface area contributed by atoms with Crippen LogP contribution in [-0.2, 0) is 22.3 Å². The van der Waals surface area contributed by atoms with Crippen LogP contribution in [0.3, 0.4) is 0 Å². The Bertz CT molecular complexity index is 799. The predicted molar refractivity (Wildman–Crippen MR) is 103 cm³/mol. The number of benzene rings is 2. The molecule has 7 nitrogen and oxygen atoms in total. The minimum absolute atomic E-state index is 0. The molecule has 0 saturated heterocycles. The van der Waals surface area contributed by atoms with Crippen molar-refractivity contribution in [2.24, 2.45) is 5.73 Å². The van der Waals surface area contributed by atoms with Gasteiger partial charge in [0.05, 0.1) is 10.7 Å². The van der Waals surface area contributed by atoms with Crippen LogP contribution in [0.15, 0.2) is 54.6 Å². The van der Waals surface area contributed by atoms with E-state index in [0.29, 0.717) is 25.1 Å². The van der Waals surface area contributed by atoms with E-state index >= 15 is 0 Å². The van der Waals surface area contributed by atoms with E-state index in [4.69, 9.17) is 5.73 Å². The van der Waals surface area contributed by atoms with E-state index in [1.54, 1.807) is 0 Å². The van der Waals surface area contributed by atoms with Crippen LogP contribution in [0.5, 0.6) is 0 Å². The Morgan fingerprint density at radius 3 is 2.15 bits per heavy atom. The van der Waals surface area contributed by atoms with Crippen LogP contribution in [0.2, 0.25) is 0 Å². The molecular weight excluding hydrogens is 378 g/mol. The molecule has 0 bridgehead atoms. The number of non-ortho nitro benzene ring substituents is 1. The summed E-state index contributed by atoms with van der Waals surface area (Å²) >= 11 is 0. The van der Waals surface area contributed by atoms with E-state index in [0.717, 1.165) is 5.56 Å². The smallest absolute Gasteiger partial charge is 0.269 e. The van der Waals surface area contributed by atoms with E-state index in [2.05, 4.69) is 0 Å². The molecule has 2 aromatic carbocycles. The first-order chi connectivity index (χ1) is 11.9. The van der Waals surface area contributed by atoms with Crippen LogP contribution in [0.1, 0.15) is 17.5 Å². The summed E-state index contributed by atoms with van der Waals surface area (Å²) in [5.41, 5.74) is 6.87. The highest BCUT2D eigenvalue weighted by atomic mass is 35.5. The fourth-order valence-corrected chi connectivity index (χ4v) is 3.94. The molecule has 0 heterocycles. The van der Waals surface area contributed by atoms with Crippen molar-refractivity contribution in [2.45, 2.75) is 18.7 Å². The molecule has 0 atom stereocenters. The third kappa shape index (κ3) is 6.38. The number of hydrogen-bond acceptors (Lipinski definition) is 5. The van der Waals surface area contributed by atoms with Gasteiger partial charge in [0.1, 0.15) is 0 Å². The van der Waals surface area contributed by atoms with Gasteiger partial charge in [0, 0.05) is 25.2 Å². The molecule has 0 aliphatic carbocycles. The summed E-state index contributed by atoms with van der Waals surface area (Å²) in [5.74, 6) is -0.206. The van der Waals surface area contributed by atoms with Crippen molar-refractivity contribution in [3.8, 4) is 0 Å². The Labute approximate surface area is 159 Å². The number of halogens is 1. The van der Waals surface area contributed by atoms with Crippen molar-refractivity contribution in [2.75, 3.05) is 13.1 Å². The van der Waals surface area contributed by atoms with Gasteiger partial charge in [0.25, 0.3) is 5.69 Å². The molecule has 0 aliphatic heterocycles. The van der Waals surface area contributed by atoms with Gasteiger partial charge in [-0.2, -0.15) is 4.31 Å². The number of hydrogen-bond donors (Lipinski definition) is 1. The number of sulfonamides is 1. The molecular formula is C17H22ClN3O4S. The maximum absolute atomic E-state index is 12.8. The van der Waals surface area contributed by atoms with Crippen LogP contribution in [-0.4, -0.2) is 30.7 Å². The van der Waals surface area contributed by atoms with E-state index in [9.17, 15) is 18.5 Å². The largest absolute Gasteiger partial charge is 0.330 e. The summed E-state index contributed by atoms with van der Waals surface area (Å²) in [4.78, 5) is 10.2. The molecule has 0 aliphatic rings. The van der Waals surface area contributed by atoms with Crippen molar-refractivity contribution >= 4 is 28.1 Å². The topological polar surface area (TPSA) is 107 Å². The molecule has 0 radical (unpaired) electrons. The third-order valence-corrected chi connectivity index (χ3v) is 5.50. The van der Waals surface area contributed by atoms with E-state index < -0.39 is 14.9 Å². The van der Waals surface area contributed by atoms with Crippen molar-refractivity contribution in [1.29, 1.82) is 0 Å². The van der Waals surface area contributed by atoms with Crippen molar-refractivity contribution < 1.29 is 13.3 Å². The standard InChI is InChI=1S/C17H21N3O4S.ClH/c18-11-4-12-19(13-15-5-2-1-3-6-15)25(23,24)14-16-7-9-17(10-8-16)20(21)22;/h1-3,5-10H,4,11-14,18H2;1H. The minimum atomic E-state index is -3.57. The molecule has 0 unspecified atom stereocenters. The summed E-state index contributed by atoms with van der Waals surface area (Å²) in [6, 6.07) is 14.9. The van der Waals surface area contributed by atoms with Gasteiger partial charge in [-0.15, -0.1) is 12.4 Å². The average Bonchev–Trinajstić information content (AvgIpc) is 2.59. The predicted octanol–water partition coefficient (Wildman–Crippen LogP) is 2.70. The average molecular weight is 400 g/mol. The molecule has 0 amide bonds. The van der Waals surface area contributed by atoms with Crippen molar-refractivity contribution in [1.82, 2.24) is 4.31 Å². The zero-order valence-electron chi connectivity index (χ0n) is 14.2. The second-order valence-corrected chi connectivity index (χ2v) is 7.61.